The van der Waals surface area contributed by atoms with Crippen molar-refractivity contribution in [1.29, 1.82) is 0 Å². The number of nitrogens with zero attached hydrogens (tertiary/aromatic N) is 2. The Morgan fingerprint density at radius 2 is 1.82 bits per heavy atom. The maximum atomic E-state index is 12.1. The molecular formula is C24H30N2O2. The third-order valence-corrected chi connectivity index (χ3v) is 5.85. The fraction of sp³-hybridized carbons (Fsp3) is 0.417. The molecular weight excluding hydrogens is 348 g/mol. The van der Waals surface area contributed by atoms with Crippen LogP contribution in [0.2, 0.25) is 0 Å². The van der Waals surface area contributed by atoms with Gasteiger partial charge in [-0.2, -0.15) is 0 Å². The highest BCUT2D eigenvalue weighted by atomic mass is 16.2. The minimum Gasteiger partial charge on any atom is -0.315 e. The molecule has 0 atom stereocenters. The van der Waals surface area contributed by atoms with Gasteiger partial charge in [-0.15, -0.1) is 0 Å². The molecule has 0 aromatic heterocycles. The molecule has 0 bridgehead atoms. The van der Waals surface area contributed by atoms with Crippen LogP contribution in [-0.4, -0.2) is 37.2 Å². The molecule has 0 aliphatic carbocycles. The maximum Gasteiger partial charge on any atom is 0.226 e. The summed E-state index contributed by atoms with van der Waals surface area (Å²) in [5, 5.41) is 0. The van der Waals surface area contributed by atoms with Crippen molar-refractivity contribution in [3.8, 4) is 0 Å². The molecule has 28 heavy (non-hydrogen) atoms. The van der Waals surface area contributed by atoms with E-state index in [1.807, 2.05) is 38.2 Å². The number of carbonyl (C=O) groups excluding carboxylic acids is 2. The van der Waals surface area contributed by atoms with Crippen molar-refractivity contribution >= 4 is 17.9 Å². The highest BCUT2D eigenvalue weighted by Gasteiger charge is 2.22. The van der Waals surface area contributed by atoms with Crippen molar-refractivity contribution in [3.63, 3.8) is 0 Å². The molecule has 1 saturated heterocycles. The molecule has 0 spiro atoms. The number of piperidine rings is 1. The Kier molecular flexibility index (Phi) is 6.63. The van der Waals surface area contributed by atoms with Gasteiger partial charge in [-0.1, -0.05) is 43.3 Å². The van der Waals surface area contributed by atoms with E-state index in [0.717, 1.165) is 55.6 Å². The van der Waals surface area contributed by atoms with Crippen LogP contribution in [0.5, 0.6) is 0 Å². The molecule has 1 aliphatic rings. The minimum absolute atomic E-state index is 0.149. The van der Waals surface area contributed by atoms with E-state index in [9.17, 15) is 9.59 Å². The second kappa shape index (κ2) is 9.16. The van der Waals surface area contributed by atoms with Gasteiger partial charge in [0.25, 0.3) is 0 Å². The predicted octanol–water partition coefficient (Wildman–Crippen LogP) is 4.56. The Balaban J connectivity index is 1.62. The molecule has 0 saturated carbocycles. The van der Waals surface area contributed by atoms with Crippen LogP contribution in [0.4, 0.5) is 5.69 Å². The molecule has 0 radical (unpaired) electrons. The fourth-order valence-corrected chi connectivity index (χ4v) is 4.00. The highest BCUT2D eigenvalue weighted by molar-refractivity contribution is 5.93. The van der Waals surface area contributed by atoms with E-state index < -0.39 is 0 Å². The van der Waals surface area contributed by atoms with Crippen LogP contribution < -0.4 is 4.90 Å². The van der Waals surface area contributed by atoms with Crippen molar-refractivity contribution in [2.75, 3.05) is 25.0 Å². The zero-order chi connectivity index (χ0) is 20.1. The molecule has 148 valence electrons. The van der Waals surface area contributed by atoms with Gasteiger partial charge < -0.3 is 4.90 Å². The van der Waals surface area contributed by atoms with Gasteiger partial charge in [-0.25, -0.2) is 0 Å². The first-order valence-electron chi connectivity index (χ1n) is 10.2. The quantitative estimate of drug-likeness (QED) is 0.692. The zero-order valence-corrected chi connectivity index (χ0v) is 17.1. The van der Waals surface area contributed by atoms with Crippen LogP contribution >= 0.6 is 0 Å². The number of aryl methyl sites for hydroxylation is 1. The third kappa shape index (κ3) is 4.68. The number of likely N-dealkylation sites (tertiary alicyclic amines) is 1. The number of carbonyl (C=O) groups is 2. The Hall–Kier alpha value is -2.46. The second-order valence-electron chi connectivity index (χ2n) is 7.76. The lowest BCUT2D eigenvalue weighted by atomic mass is 9.88. The van der Waals surface area contributed by atoms with Gasteiger partial charge in [0.2, 0.25) is 5.91 Å². The molecule has 1 fully saturated rings. The van der Waals surface area contributed by atoms with Crippen LogP contribution in [0.3, 0.4) is 0 Å². The summed E-state index contributed by atoms with van der Waals surface area (Å²) in [6, 6.07) is 14.4. The van der Waals surface area contributed by atoms with Crippen LogP contribution in [0.1, 0.15) is 59.2 Å². The van der Waals surface area contributed by atoms with Gasteiger partial charge in [0.1, 0.15) is 6.29 Å². The van der Waals surface area contributed by atoms with Crippen LogP contribution in [0.15, 0.2) is 42.5 Å². The Bertz CT molecular complexity index is 821. The van der Waals surface area contributed by atoms with E-state index in [4.69, 9.17) is 0 Å². The third-order valence-electron chi connectivity index (χ3n) is 5.85. The van der Waals surface area contributed by atoms with E-state index in [1.165, 1.54) is 11.1 Å². The van der Waals surface area contributed by atoms with Crippen LogP contribution in [0, 0.1) is 6.92 Å². The number of amides is 1. The van der Waals surface area contributed by atoms with Crippen molar-refractivity contribution in [1.82, 2.24) is 4.90 Å². The van der Waals surface area contributed by atoms with E-state index in [1.54, 1.807) is 4.90 Å². The zero-order valence-electron chi connectivity index (χ0n) is 17.1. The lowest BCUT2D eigenvalue weighted by Crippen LogP contribution is -2.32. The molecule has 4 heteroatoms. The van der Waals surface area contributed by atoms with Gasteiger partial charge in [0, 0.05) is 31.3 Å². The lowest BCUT2D eigenvalue weighted by Gasteiger charge is -2.33. The summed E-state index contributed by atoms with van der Waals surface area (Å²) in [6.45, 7) is 7.02. The average Bonchev–Trinajstić information content (AvgIpc) is 2.74. The van der Waals surface area contributed by atoms with Gasteiger partial charge in [0.05, 0.1) is 0 Å². The first-order chi connectivity index (χ1) is 13.5. The van der Waals surface area contributed by atoms with E-state index in [0.29, 0.717) is 12.3 Å². The largest absolute Gasteiger partial charge is 0.315 e. The van der Waals surface area contributed by atoms with Crippen molar-refractivity contribution in [2.24, 2.45) is 0 Å². The molecule has 4 nitrogen and oxygen atoms in total. The fourth-order valence-electron chi connectivity index (χ4n) is 4.00. The molecule has 1 aliphatic heterocycles. The SMILES string of the molecule is CCC(=O)N(C)c1cc(C2CCN(Cc3ccc(C=O)cc3)CC2)ccc1C. The second-order valence-corrected chi connectivity index (χ2v) is 7.76. The molecule has 2 aromatic rings. The molecule has 2 aromatic carbocycles. The summed E-state index contributed by atoms with van der Waals surface area (Å²) in [6.07, 6.45) is 3.66. The lowest BCUT2D eigenvalue weighted by molar-refractivity contribution is -0.118. The Labute approximate surface area is 168 Å². The van der Waals surface area contributed by atoms with Crippen molar-refractivity contribution in [3.05, 3.63) is 64.7 Å². The highest BCUT2D eigenvalue weighted by Crippen LogP contribution is 2.32. The summed E-state index contributed by atoms with van der Waals surface area (Å²) < 4.78 is 0. The first kappa shape index (κ1) is 20.3. The molecule has 1 amide bonds. The Morgan fingerprint density at radius 3 is 2.43 bits per heavy atom. The standard InChI is InChI=1S/C24H30N2O2/c1-4-24(28)25(3)23-15-22(10-5-18(23)2)21-11-13-26(14-12-21)16-19-6-8-20(17-27)9-7-19/h5-10,15,17,21H,4,11-14,16H2,1-3H3. The number of hydrogen-bond donors (Lipinski definition) is 0. The Morgan fingerprint density at radius 1 is 1.14 bits per heavy atom. The number of rotatable bonds is 6. The average molecular weight is 379 g/mol. The minimum atomic E-state index is 0.149. The predicted molar refractivity (Wildman–Crippen MR) is 114 cm³/mol. The normalized spacial score (nSPS) is 15.4. The van der Waals surface area contributed by atoms with Gasteiger partial charge >= 0.3 is 0 Å². The van der Waals surface area contributed by atoms with Crippen molar-refractivity contribution in [2.45, 2.75) is 45.6 Å². The number of aldehydes is 1. The molecule has 0 N–H and O–H groups in total. The number of hydrogen-bond acceptors (Lipinski definition) is 3. The van der Waals surface area contributed by atoms with Gasteiger partial charge in [-0.05, 0) is 61.5 Å². The van der Waals surface area contributed by atoms with Gasteiger partial charge in [0.15, 0.2) is 0 Å². The van der Waals surface area contributed by atoms with E-state index >= 15 is 0 Å². The topological polar surface area (TPSA) is 40.6 Å². The summed E-state index contributed by atoms with van der Waals surface area (Å²) in [5.74, 6) is 0.689. The van der Waals surface area contributed by atoms with E-state index in [2.05, 4.69) is 30.0 Å². The van der Waals surface area contributed by atoms with E-state index in [-0.39, 0.29) is 5.91 Å². The van der Waals surface area contributed by atoms with Gasteiger partial charge in [-0.3, -0.25) is 14.5 Å². The smallest absolute Gasteiger partial charge is 0.226 e. The van der Waals surface area contributed by atoms with Crippen LogP contribution in [0.25, 0.3) is 0 Å². The summed E-state index contributed by atoms with van der Waals surface area (Å²) in [5.41, 5.74) is 5.49. The summed E-state index contributed by atoms with van der Waals surface area (Å²) in [4.78, 5) is 27.2. The summed E-state index contributed by atoms with van der Waals surface area (Å²) >= 11 is 0. The molecule has 3 rings (SSSR count). The number of benzene rings is 2. The molecule has 1 heterocycles. The number of anilines is 1. The maximum absolute atomic E-state index is 12.1. The first-order valence-corrected chi connectivity index (χ1v) is 10.2. The van der Waals surface area contributed by atoms with Crippen molar-refractivity contribution < 1.29 is 9.59 Å². The van der Waals surface area contributed by atoms with Crippen LogP contribution in [-0.2, 0) is 11.3 Å². The summed E-state index contributed by atoms with van der Waals surface area (Å²) in [7, 11) is 1.87. The monoisotopic (exact) mass is 378 g/mol. The molecule has 0 unspecified atom stereocenters.